The van der Waals surface area contributed by atoms with Crippen molar-refractivity contribution in [1.29, 1.82) is 0 Å². The Balaban J connectivity index is 1.65. The summed E-state index contributed by atoms with van der Waals surface area (Å²) in [6.07, 6.45) is -4.20. The minimum absolute atomic E-state index is 0.136. The van der Waals surface area contributed by atoms with E-state index in [0.29, 0.717) is 41.6 Å². The standard InChI is InChI=1S/C17H18F3N3O5/c1-25-12-7-11(8-13(9-12)26-2)14-21-15(27-22-14)10-3-5-23(6-4-10)28-16(24)17(18,19)20/h7-10H,3-6H2,1-2H3. The van der Waals surface area contributed by atoms with E-state index in [4.69, 9.17) is 14.0 Å². The van der Waals surface area contributed by atoms with Crippen molar-refractivity contribution in [3.8, 4) is 22.9 Å². The van der Waals surface area contributed by atoms with Gasteiger partial charge in [-0.15, -0.1) is 5.06 Å². The third-order valence-corrected chi connectivity index (χ3v) is 4.30. The third kappa shape index (κ3) is 4.53. The summed E-state index contributed by atoms with van der Waals surface area (Å²) in [6.45, 7) is 0.272. The molecule has 0 radical (unpaired) electrons. The molecule has 1 fully saturated rings. The highest BCUT2D eigenvalue weighted by atomic mass is 19.4. The summed E-state index contributed by atoms with van der Waals surface area (Å²) < 4.78 is 52.6. The monoisotopic (exact) mass is 401 g/mol. The van der Waals surface area contributed by atoms with Crippen LogP contribution in [0.3, 0.4) is 0 Å². The molecule has 0 amide bonds. The van der Waals surface area contributed by atoms with Crippen molar-refractivity contribution < 1.29 is 36.8 Å². The van der Waals surface area contributed by atoms with Crippen LogP contribution < -0.4 is 9.47 Å². The second-order valence-corrected chi connectivity index (χ2v) is 6.14. The van der Waals surface area contributed by atoms with E-state index >= 15 is 0 Å². The Morgan fingerprint density at radius 1 is 1.14 bits per heavy atom. The number of carbonyl (C=O) groups is 1. The van der Waals surface area contributed by atoms with Crippen LogP contribution in [0.2, 0.25) is 0 Å². The largest absolute Gasteiger partial charge is 0.497 e. The Morgan fingerprint density at radius 3 is 2.29 bits per heavy atom. The average Bonchev–Trinajstić information content (AvgIpc) is 3.17. The second-order valence-electron chi connectivity index (χ2n) is 6.14. The van der Waals surface area contributed by atoms with Crippen LogP contribution in [0, 0.1) is 0 Å². The minimum Gasteiger partial charge on any atom is -0.497 e. The molecular weight excluding hydrogens is 383 g/mol. The van der Waals surface area contributed by atoms with Crippen molar-refractivity contribution in [1.82, 2.24) is 15.2 Å². The Morgan fingerprint density at radius 2 is 1.75 bits per heavy atom. The molecular formula is C17H18F3N3O5. The number of halogens is 3. The highest BCUT2D eigenvalue weighted by molar-refractivity contribution is 5.75. The number of aromatic nitrogens is 2. The molecule has 0 saturated carbocycles. The van der Waals surface area contributed by atoms with Gasteiger partial charge in [0, 0.05) is 30.6 Å². The SMILES string of the molecule is COc1cc(OC)cc(-c2noc(C3CCN(OC(=O)C(F)(F)F)CC3)n2)c1. The first-order valence-electron chi connectivity index (χ1n) is 8.41. The first-order valence-corrected chi connectivity index (χ1v) is 8.41. The average molecular weight is 401 g/mol. The summed E-state index contributed by atoms with van der Waals surface area (Å²) in [6, 6.07) is 5.18. The minimum atomic E-state index is -5.02. The number of piperidine rings is 1. The van der Waals surface area contributed by atoms with Crippen LogP contribution in [0.1, 0.15) is 24.7 Å². The Kier molecular flexibility index (Phi) is 5.73. The lowest BCUT2D eigenvalue weighted by Gasteiger charge is -2.28. The van der Waals surface area contributed by atoms with Crippen molar-refractivity contribution in [3.05, 3.63) is 24.1 Å². The molecule has 1 aromatic carbocycles. The maximum absolute atomic E-state index is 12.3. The summed E-state index contributed by atoms with van der Waals surface area (Å²) in [5, 5.41) is 4.96. The summed E-state index contributed by atoms with van der Waals surface area (Å²) in [5.41, 5.74) is 0.641. The van der Waals surface area contributed by atoms with E-state index in [1.54, 1.807) is 18.2 Å². The molecule has 1 saturated heterocycles. The van der Waals surface area contributed by atoms with Gasteiger partial charge in [-0.25, -0.2) is 4.79 Å². The molecule has 0 aliphatic carbocycles. The Labute approximate surface area is 158 Å². The number of methoxy groups -OCH3 is 2. The van der Waals surface area contributed by atoms with Crippen LogP contribution in [-0.4, -0.2) is 54.7 Å². The van der Waals surface area contributed by atoms with E-state index in [1.807, 2.05) is 0 Å². The lowest BCUT2D eigenvalue weighted by atomic mass is 9.98. The molecule has 0 spiro atoms. The molecule has 11 heteroatoms. The topological polar surface area (TPSA) is 86.9 Å². The molecule has 0 unspecified atom stereocenters. The van der Waals surface area contributed by atoms with Gasteiger partial charge >= 0.3 is 12.1 Å². The van der Waals surface area contributed by atoms with E-state index in [9.17, 15) is 18.0 Å². The predicted octanol–water partition coefficient (Wildman–Crippen LogP) is 2.95. The highest BCUT2D eigenvalue weighted by Crippen LogP contribution is 2.32. The van der Waals surface area contributed by atoms with E-state index in [-0.39, 0.29) is 19.0 Å². The molecule has 1 aliphatic heterocycles. The molecule has 0 N–H and O–H groups in total. The first-order chi connectivity index (χ1) is 13.3. The van der Waals surface area contributed by atoms with Gasteiger partial charge in [0.15, 0.2) is 0 Å². The molecule has 3 rings (SSSR count). The third-order valence-electron chi connectivity index (χ3n) is 4.30. The maximum Gasteiger partial charge on any atom is 0.492 e. The number of hydrogen-bond acceptors (Lipinski definition) is 8. The maximum atomic E-state index is 12.3. The van der Waals surface area contributed by atoms with Gasteiger partial charge in [0.2, 0.25) is 11.7 Å². The summed E-state index contributed by atoms with van der Waals surface area (Å²) in [5.74, 6) is -0.509. The van der Waals surface area contributed by atoms with Crippen molar-refractivity contribution in [2.24, 2.45) is 0 Å². The van der Waals surface area contributed by atoms with E-state index in [1.165, 1.54) is 14.2 Å². The van der Waals surface area contributed by atoms with Gasteiger partial charge in [-0.3, -0.25) is 0 Å². The van der Waals surface area contributed by atoms with Gasteiger partial charge in [-0.1, -0.05) is 5.16 Å². The zero-order chi connectivity index (χ0) is 20.3. The first kappa shape index (κ1) is 19.9. The van der Waals surface area contributed by atoms with Crippen LogP contribution in [0.5, 0.6) is 11.5 Å². The van der Waals surface area contributed by atoms with Crippen molar-refractivity contribution in [3.63, 3.8) is 0 Å². The number of hydrogen-bond donors (Lipinski definition) is 0. The van der Waals surface area contributed by atoms with E-state index in [0.717, 1.165) is 5.06 Å². The molecule has 28 heavy (non-hydrogen) atoms. The lowest BCUT2D eigenvalue weighted by molar-refractivity contribution is -0.241. The van der Waals surface area contributed by atoms with Crippen molar-refractivity contribution >= 4 is 5.97 Å². The molecule has 1 aromatic heterocycles. The number of benzene rings is 1. The lowest BCUT2D eigenvalue weighted by Crippen LogP contribution is -2.39. The van der Waals surface area contributed by atoms with Gasteiger partial charge in [-0.2, -0.15) is 18.2 Å². The second kappa shape index (κ2) is 8.05. The van der Waals surface area contributed by atoms with Crippen LogP contribution in [0.25, 0.3) is 11.4 Å². The van der Waals surface area contributed by atoms with Crippen LogP contribution in [0.15, 0.2) is 22.7 Å². The van der Waals surface area contributed by atoms with Crippen molar-refractivity contribution in [2.45, 2.75) is 24.9 Å². The molecule has 2 aromatic rings. The highest BCUT2D eigenvalue weighted by Gasteiger charge is 2.43. The smallest absolute Gasteiger partial charge is 0.492 e. The zero-order valence-electron chi connectivity index (χ0n) is 15.2. The van der Waals surface area contributed by atoms with Crippen LogP contribution >= 0.6 is 0 Å². The van der Waals surface area contributed by atoms with E-state index in [2.05, 4.69) is 15.0 Å². The normalized spacial score (nSPS) is 16.0. The van der Waals surface area contributed by atoms with E-state index < -0.39 is 12.1 Å². The fraction of sp³-hybridized carbons (Fsp3) is 0.471. The van der Waals surface area contributed by atoms with Gasteiger partial charge in [0.25, 0.3) is 0 Å². The molecule has 2 heterocycles. The Bertz CT molecular complexity index is 809. The molecule has 1 aliphatic rings. The summed E-state index contributed by atoms with van der Waals surface area (Å²) >= 11 is 0. The quantitative estimate of drug-likeness (QED) is 0.756. The summed E-state index contributed by atoms with van der Waals surface area (Å²) in [4.78, 5) is 19.6. The predicted molar refractivity (Wildman–Crippen MR) is 88.5 cm³/mol. The van der Waals surface area contributed by atoms with Gasteiger partial charge < -0.3 is 18.8 Å². The van der Waals surface area contributed by atoms with Gasteiger partial charge in [0.1, 0.15) is 11.5 Å². The molecule has 8 nitrogen and oxygen atoms in total. The number of nitrogens with zero attached hydrogens (tertiary/aromatic N) is 3. The number of rotatable bonds is 5. The van der Waals surface area contributed by atoms with Gasteiger partial charge in [-0.05, 0) is 25.0 Å². The molecule has 0 atom stereocenters. The molecule has 152 valence electrons. The fourth-order valence-corrected chi connectivity index (χ4v) is 2.82. The Hall–Kier alpha value is -2.82. The number of alkyl halides is 3. The van der Waals surface area contributed by atoms with Gasteiger partial charge in [0.05, 0.1) is 14.2 Å². The van der Waals surface area contributed by atoms with Crippen molar-refractivity contribution in [2.75, 3.05) is 27.3 Å². The number of ether oxygens (including phenoxy) is 2. The fourth-order valence-electron chi connectivity index (χ4n) is 2.82. The summed E-state index contributed by atoms with van der Waals surface area (Å²) in [7, 11) is 3.05. The zero-order valence-corrected chi connectivity index (χ0v) is 15.2. The number of hydroxylamine groups is 2. The molecule has 0 bridgehead atoms. The van der Waals surface area contributed by atoms with Crippen LogP contribution in [-0.2, 0) is 9.63 Å². The van der Waals surface area contributed by atoms with Crippen LogP contribution in [0.4, 0.5) is 13.2 Å². The number of carbonyl (C=O) groups excluding carboxylic acids is 1.